The Labute approximate surface area is 129 Å². The molecule has 4 rings (SSSR count). The van der Waals surface area contributed by atoms with Gasteiger partial charge in [-0.05, 0) is 37.8 Å². The van der Waals surface area contributed by atoms with E-state index in [1.807, 2.05) is 19.2 Å². The quantitative estimate of drug-likeness (QED) is 0.932. The van der Waals surface area contributed by atoms with Gasteiger partial charge in [0.1, 0.15) is 5.52 Å². The second-order valence-corrected chi connectivity index (χ2v) is 6.36. The highest BCUT2D eigenvalue weighted by atomic mass is 16.2. The number of piperidine rings is 1. The highest BCUT2D eigenvalue weighted by Crippen LogP contribution is 2.29. The number of nitrogens with zero attached hydrogens (tertiary/aromatic N) is 4. The molecule has 0 aromatic carbocycles. The number of hydrogen-bond donors (Lipinski definition) is 1. The number of fused-ring (bicyclic) bond motifs is 1. The molecular weight excluding hydrogens is 278 g/mol. The van der Waals surface area contributed by atoms with Crippen LogP contribution in [0.3, 0.4) is 0 Å². The fourth-order valence-electron chi connectivity index (χ4n) is 3.18. The first-order valence-electron chi connectivity index (χ1n) is 8.05. The van der Waals surface area contributed by atoms with Crippen molar-refractivity contribution in [1.82, 2.24) is 19.9 Å². The fourth-order valence-corrected chi connectivity index (χ4v) is 3.18. The summed E-state index contributed by atoms with van der Waals surface area (Å²) in [5.41, 5.74) is 1.85. The number of aromatic nitrogens is 3. The van der Waals surface area contributed by atoms with E-state index in [0.29, 0.717) is 12.0 Å². The van der Waals surface area contributed by atoms with Crippen molar-refractivity contribution in [1.29, 1.82) is 0 Å². The van der Waals surface area contributed by atoms with Crippen molar-refractivity contribution < 1.29 is 4.79 Å². The summed E-state index contributed by atoms with van der Waals surface area (Å²) in [7, 11) is 2.01. The number of carbonyl (C=O) groups excluding carboxylic acids is 1. The molecule has 0 unspecified atom stereocenters. The van der Waals surface area contributed by atoms with Gasteiger partial charge in [0.05, 0.1) is 0 Å². The summed E-state index contributed by atoms with van der Waals surface area (Å²) < 4.78 is 2.05. The van der Waals surface area contributed by atoms with E-state index in [-0.39, 0.29) is 5.91 Å². The summed E-state index contributed by atoms with van der Waals surface area (Å²) >= 11 is 0. The number of nitrogens with one attached hydrogen (secondary N) is 1. The summed E-state index contributed by atoms with van der Waals surface area (Å²) in [6.45, 7) is 1.85. The maximum atomic E-state index is 11.8. The lowest BCUT2D eigenvalue weighted by molar-refractivity contribution is -0.123. The van der Waals surface area contributed by atoms with Gasteiger partial charge in [-0.25, -0.2) is 9.97 Å². The van der Waals surface area contributed by atoms with Crippen LogP contribution in [0.5, 0.6) is 0 Å². The molecule has 116 valence electrons. The molecule has 1 N–H and O–H groups in total. The molecule has 1 saturated carbocycles. The smallest absolute Gasteiger partial charge is 0.223 e. The SMILES string of the molecule is Cn1c(N2CCC(NC(=O)C3CC3)CC2)nc2cccnc21. The van der Waals surface area contributed by atoms with Crippen LogP contribution in [0.15, 0.2) is 18.3 Å². The number of amides is 1. The molecule has 2 aliphatic rings. The third-order valence-electron chi connectivity index (χ3n) is 4.68. The molecule has 2 aromatic rings. The van der Waals surface area contributed by atoms with Crippen molar-refractivity contribution >= 4 is 23.0 Å². The molecule has 22 heavy (non-hydrogen) atoms. The average Bonchev–Trinajstić information content (AvgIpc) is 3.34. The first-order valence-corrected chi connectivity index (χ1v) is 8.05. The van der Waals surface area contributed by atoms with Gasteiger partial charge in [-0.1, -0.05) is 0 Å². The predicted molar refractivity (Wildman–Crippen MR) is 84.6 cm³/mol. The Bertz CT molecular complexity index is 698. The molecule has 0 atom stereocenters. The van der Waals surface area contributed by atoms with E-state index in [2.05, 4.69) is 19.8 Å². The Morgan fingerprint density at radius 2 is 2.05 bits per heavy atom. The lowest BCUT2D eigenvalue weighted by Gasteiger charge is -2.33. The van der Waals surface area contributed by atoms with E-state index < -0.39 is 0 Å². The van der Waals surface area contributed by atoms with Crippen LogP contribution in [0.25, 0.3) is 11.2 Å². The van der Waals surface area contributed by atoms with E-state index in [0.717, 1.165) is 55.9 Å². The standard InChI is InChI=1S/C16H21N5O/c1-20-14-13(3-2-8-17-14)19-16(20)21-9-6-12(7-10-21)18-15(22)11-4-5-11/h2-3,8,11-12H,4-7,9-10H2,1H3,(H,18,22). The number of carbonyl (C=O) groups is 1. The molecule has 1 aliphatic carbocycles. The number of pyridine rings is 1. The molecule has 2 fully saturated rings. The van der Waals surface area contributed by atoms with Gasteiger partial charge in [-0.2, -0.15) is 0 Å². The Balaban J connectivity index is 1.43. The molecular formula is C16H21N5O. The average molecular weight is 299 g/mol. The van der Waals surface area contributed by atoms with Crippen molar-refractivity contribution in [2.75, 3.05) is 18.0 Å². The first-order chi connectivity index (χ1) is 10.7. The molecule has 1 saturated heterocycles. The van der Waals surface area contributed by atoms with Crippen LogP contribution in [-0.4, -0.2) is 39.6 Å². The zero-order chi connectivity index (χ0) is 15.1. The fraction of sp³-hybridized carbons (Fsp3) is 0.562. The third-order valence-corrected chi connectivity index (χ3v) is 4.68. The predicted octanol–water partition coefficient (Wildman–Crippen LogP) is 1.46. The van der Waals surface area contributed by atoms with E-state index in [9.17, 15) is 4.79 Å². The molecule has 1 aliphatic heterocycles. The van der Waals surface area contributed by atoms with Crippen LogP contribution in [0.4, 0.5) is 5.95 Å². The second kappa shape index (κ2) is 5.26. The Morgan fingerprint density at radius 3 is 2.73 bits per heavy atom. The van der Waals surface area contributed by atoms with Crippen LogP contribution >= 0.6 is 0 Å². The van der Waals surface area contributed by atoms with E-state index in [4.69, 9.17) is 4.98 Å². The molecule has 2 aromatic heterocycles. The van der Waals surface area contributed by atoms with Crippen molar-refractivity contribution in [2.24, 2.45) is 13.0 Å². The van der Waals surface area contributed by atoms with Gasteiger partial charge < -0.3 is 10.2 Å². The summed E-state index contributed by atoms with van der Waals surface area (Å²) in [5.74, 6) is 1.52. The topological polar surface area (TPSA) is 63.0 Å². The lowest BCUT2D eigenvalue weighted by Crippen LogP contribution is -2.45. The molecule has 1 amide bonds. The maximum Gasteiger partial charge on any atom is 0.223 e. The van der Waals surface area contributed by atoms with E-state index in [1.54, 1.807) is 6.20 Å². The Hall–Kier alpha value is -2.11. The Kier molecular flexibility index (Phi) is 3.24. The van der Waals surface area contributed by atoms with Gasteiger partial charge in [0.2, 0.25) is 11.9 Å². The van der Waals surface area contributed by atoms with Crippen molar-refractivity contribution in [3.05, 3.63) is 18.3 Å². The molecule has 0 radical (unpaired) electrons. The van der Waals surface area contributed by atoms with Crippen LogP contribution in [0.1, 0.15) is 25.7 Å². The van der Waals surface area contributed by atoms with Crippen molar-refractivity contribution in [2.45, 2.75) is 31.7 Å². The normalized spacial score (nSPS) is 19.6. The minimum atomic E-state index is 0.255. The van der Waals surface area contributed by atoms with Gasteiger partial charge in [0, 0.05) is 38.3 Å². The lowest BCUT2D eigenvalue weighted by atomic mass is 10.1. The highest BCUT2D eigenvalue weighted by molar-refractivity contribution is 5.81. The maximum absolute atomic E-state index is 11.8. The molecule has 6 nitrogen and oxygen atoms in total. The Morgan fingerprint density at radius 1 is 1.27 bits per heavy atom. The van der Waals surface area contributed by atoms with Gasteiger partial charge in [-0.15, -0.1) is 0 Å². The van der Waals surface area contributed by atoms with Gasteiger partial charge in [0.15, 0.2) is 5.65 Å². The summed E-state index contributed by atoms with van der Waals surface area (Å²) in [6.07, 6.45) is 5.90. The largest absolute Gasteiger partial charge is 0.353 e. The highest BCUT2D eigenvalue weighted by Gasteiger charge is 2.32. The van der Waals surface area contributed by atoms with Crippen LogP contribution in [0, 0.1) is 5.92 Å². The monoisotopic (exact) mass is 299 g/mol. The second-order valence-electron chi connectivity index (χ2n) is 6.36. The minimum absolute atomic E-state index is 0.255. The van der Waals surface area contributed by atoms with Crippen LogP contribution in [0.2, 0.25) is 0 Å². The first kappa shape index (κ1) is 13.5. The molecule has 0 spiro atoms. The van der Waals surface area contributed by atoms with Crippen LogP contribution in [-0.2, 0) is 11.8 Å². The number of rotatable bonds is 3. The van der Waals surface area contributed by atoms with Crippen molar-refractivity contribution in [3.63, 3.8) is 0 Å². The van der Waals surface area contributed by atoms with E-state index >= 15 is 0 Å². The number of aryl methyl sites for hydroxylation is 1. The van der Waals surface area contributed by atoms with Gasteiger partial charge >= 0.3 is 0 Å². The van der Waals surface area contributed by atoms with E-state index in [1.165, 1.54) is 0 Å². The summed E-state index contributed by atoms with van der Waals surface area (Å²) in [6, 6.07) is 4.23. The summed E-state index contributed by atoms with van der Waals surface area (Å²) in [4.78, 5) is 23.2. The number of imidazole rings is 1. The third kappa shape index (κ3) is 2.42. The van der Waals surface area contributed by atoms with Gasteiger partial charge in [0.25, 0.3) is 0 Å². The minimum Gasteiger partial charge on any atom is -0.353 e. The summed E-state index contributed by atoms with van der Waals surface area (Å²) in [5, 5.41) is 3.19. The van der Waals surface area contributed by atoms with Gasteiger partial charge in [-0.3, -0.25) is 9.36 Å². The number of hydrogen-bond acceptors (Lipinski definition) is 4. The number of anilines is 1. The zero-order valence-corrected chi connectivity index (χ0v) is 12.8. The van der Waals surface area contributed by atoms with Crippen molar-refractivity contribution in [3.8, 4) is 0 Å². The molecule has 6 heteroatoms. The zero-order valence-electron chi connectivity index (χ0n) is 12.8. The molecule has 0 bridgehead atoms. The van der Waals surface area contributed by atoms with Crippen LogP contribution < -0.4 is 10.2 Å². The molecule has 3 heterocycles.